The number of piperidine rings is 1. The highest BCUT2D eigenvalue weighted by molar-refractivity contribution is 8.00. The SMILES string of the molecule is CCOc1cncc(N2CCC(CN)(SC)CC2)n1. The molecule has 6 heteroatoms. The summed E-state index contributed by atoms with van der Waals surface area (Å²) in [5, 5.41) is 0. The van der Waals surface area contributed by atoms with E-state index in [1.165, 1.54) is 0 Å². The van der Waals surface area contributed by atoms with Gasteiger partial charge in [0.05, 0.1) is 19.0 Å². The molecular weight excluding hydrogens is 260 g/mol. The van der Waals surface area contributed by atoms with Crippen LogP contribution in [0.5, 0.6) is 5.88 Å². The smallest absolute Gasteiger partial charge is 0.234 e. The molecule has 0 aliphatic carbocycles. The number of hydrogen-bond acceptors (Lipinski definition) is 6. The van der Waals surface area contributed by atoms with Gasteiger partial charge in [-0.25, -0.2) is 0 Å². The second-order valence-corrected chi connectivity index (χ2v) is 6.00. The minimum Gasteiger partial charge on any atom is -0.477 e. The van der Waals surface area contributed by atoms with Gasteiger partial charge in [0.15, 0.2) is 5.82 Å². The Morgan fingerprint density at radius 1 is 1.42 bits per heavy atom. The number of nitrogens with zero attached hydrogens (tertiary/aromatic N) is 3. The Hall–Kier alpha value is -1.01. The third-order valence-electron chi connectivity index (χ3n) is 3.70. The zero-order valence-electron chi connectivity index (χ0n) is 11.6. The van der Waals surface area contributed by atoms with E-state index in [1.807, 2.05) is 18.7 Å². The third-order valence-corrected chi connectivity index (χ3v) is 5.14. The molecule has 0 atom stereocenters. The Labute approximate surface area is 118 Å². The topological polar surface area (TPSA) is 64.3 Å². The van der Waals surface area contributed by atoms with Crippen LogP contribution in [0.2, 0.25) is 0 Å². The number of rotatable bonds is 5. The van der Waals surface area contributed by atoms with Crippen LogP contribution in [-0.2, 0) is 0 Å². The van der Waals surface area contributed by atoms with Gasteiger partial charge in [0, 0.05) is 24.4 Å². The van der Waals surface area contributed by atoms with Gasteiger partial charge in [0.2, 0.25) is 5.88 Å². The fraction of sp³-hybridized carbons (Fsp3) is 0.692. The van der Waals surface area contributed by atoms with Gasteiger partial charge < -0.3 is 15.4 Å². The largest absolute Gasteiger partial charge is 0.477 e. The van der Waals surface area contributed by atoms with Crippen molar-refractivity contribution >= 4 is 17.6 Å². The molecule has 1 aliphatic rings. The Morgan fingerprint density at radius 3 is 2.74 bits per heavy atom. The van der Waals surface area contributed by atoms with Crippen molar-refractivity contribution in [2.45, 2.75) is 24.5 Å². The van der Waals surface area contributed by atoms with Crippen LogP contribution in [0.3, 0.4) is 0 Å². The first kappa shape index (κ1) is 14.4. The highest BCUT2D eigenvalue weighted by Gasteiger charge is 2.33. The van der Waals surface area contributed by atoms with E-state index >= 15 is 0 Å². The second-order valence-electron chi connectivity index (χ2n) is 4.73. The van der Waals surface area contributed by atoms with Crippen molar-refractivity contribution < 1.29 is 4.74 Å². The first-order chi connectivity index (χ1) is 9.23. The average Bonchev–Trinajstić information content (AvgIpc) is 2.48. The summed E-state index contributed by atoms with van der Waals surface area (Å²) < 4.78 is 5.63. The minimum atomic E-state index is 0.238. The predicted molar refractivity (Wildman–Crippen MR) is 79.9 cm³/mol. The predicted octanol–water partition coefficient (Wildman–Crippen LogP) is 1.54. The van der Waals surface area contributed by atoms with Crippen molar-refractivity contribution in [1.29, 1.82) is 0 Å². The molecule has 2 rings (SSSR count). The molecular formula is C13H22N4OS. The van der Waals surface area contributed by atoms with Gasteiger partial charge in [-0.05, 0) is 26.0 Å². The number of nitrogens with two attached hydrogens (primary N) is 1. The summed E-state index contributed by atoms with van der Waals surface area (Å²) in [5.74, 6) is 1.50. The van der Waals surface area contributed by atoms with Gasteiger partial charge in [-0.2, -0.15) is 16.7 Å². The summed E-state index contributed by atoms with van der Waals surface area (Å²) in [7, 11) is 0. The number of thioether (sulfide) groups is 1. The van der Waals surface area contributed by atoms with Gasteiger partial charge in [-0.3, -0.25) is 4.98 Å². The molecule has 1 aromatic heterocycles. The van der Waals surface area contributed by atoms with Crippen LogP contribution in [-0.4, -0.2) is 47.2 Å². The first-order valence-corrected chi connectivity index (χ1v) is 7.90. The maximum absolute atomic E-state index is 5.91. The van der Waals surface area contributed by atoms with Crippen molar-refractivity contribution in [2.24, 2.45) is 5.73 Å². The second kappa shape index (κ2) is 6.43. The normalized spacial score (nSPS) is 18.4. The van der Waals surface area contributed by atoms with Gasteiger partial charge in [0.25, 0.3) is 0 Å². The molecule has 0 amide bonds. The minimum absolute atomic E-state index is 0.238. The monoisotopic (exact) mass is 282 g/mol. The molecule has 5 nitrogen and oxygen atoms in total. The lowest BCUT2D eigenvalue weighted by atomic mass is 9.96. The van der Waals surface area contributed by atoms with Gasteiger partial charge in [0.1, 0.15) is 0 Å². The molecule has 1 aliphatic heterocycles. The zero-order valence-corrected chi connectivity index (χ0v) is 12.4. The molecule has 2 heterocycles. The van der Waals surface area contributed by atoms with Crippen molar-refractivity contribution in [3.63, 3.8) is 0 Å². The van der Waals surface area contributed by atoms with Gasteiger partial charge >= 0.3 is 0 Å². The van der Waals surface area contributed by atoms with Crippen molar-refractivity contribution in [1.82, 2.24) is 9.97 Å². The van der Waals surface area contributed by atoms with Crippen LogP contribution in [0.15, 0.2) is 12.4 Å². The maximum Gasteiger partial charge on any atom is 0.234 e. The molecule has 0 bridgehead atoms. The number of ether oxygens (including phenoxy) is 1. The molecule has 1 fully saturated rings. The van der Waals surface area contributed by atoms with Crippen molar-refractivity contribution in [3.05, 3.63) is 12.4 Å². The van der Waals surface area contributed by atoms with Crippen LogP contribution < -0.4 is 15.4 Å². The molecule has 0 spiro atoms. The van der Waals surface area contributed by atoms with Crippen molar-refractivity contribution in [2.75, 3.05) is 37.4 Å². The van der Waals surface area contributed by atoms with Gasteiger partial charge in [-0.15, -0.1) is 0 Å². The molecule has 2 N–H and O–H groups in total. The molecule has 1 saturated heterocycles. The fourth-order valence-corrected chi connectivity index (χ4v) is 3.10. The number of aromatic nitrogens is 2. The van der Waals surface area contributed by atoms with E-state index in [4.69, 9.17) is 10.5 Å². The average molecular weight is 282 g/mol. The summed E-state index contributed by atoms with van der Waals surface area (Å²) >= 11 is 1.89. The summed E-state index contributed by atoms with van der Waals surface area (Å²) in [4.78, 5) is 10.9. The highest BCUT2D eigenvalue weighted by Crippen LogP contribution is 2.34. The van der Waals surface area contributed by atoms with E-state index < -0.39 is 0 Å². The standard InChI is InChI=1S/C13H22N4OS/c1-3-18-12-9-15-8-11(16-12)17-6-4-13(10-14,19-2)5-7-17/h8-9H,3-7,10,14H2,1-2H3. The summed E-state index contributed by atoms with van der Waals surface area (Å²) in [6.45, 7) is 5.25. The lowest BCUT2D eigenvalue weighted by Gasteiger charge is -2.40. The summed E-state index contributed by atoms with van der Waals surface area (Å²) in [5.41, 5.74) is 5.91. The third kappa shape index (κ3) is 3.30. The Bertz CT molecular complexity index is 401. The Morgan fingerprint density at radius 2 is 2.16 bits per heavy atom. The molecule has 0 saturated carbocycles. The van der Waals surface area contributed by atoms with Gasteiger partial charge in [-0.1, -0.05) is 0 Å². The molecule has 106 valence electrons. The molecule has 0 radical (unpaired) electrons. The first-order valence-electron chi connectivity index (χ1n) is 6.68. The van der Waals surface area contributed by atoms with Crippen LogP contribution in [0.1, 0.15) is 19.8 Å². The molecule has 0 aromatic carbocycles. The number of anilines is 1. The molecule has 19 heavy (non-hydrogen) atoms. The highest BCUT2D eigenvalue weighted by atomic mass is 32.2. The molecule has 1 aromatic rings. The van der Waals surface area contributed by atoms with Crippen LogP contribution in [0.4, 0.5) is 5.82 Å². The Balaban J connectivity index is 2.03. The van der Waals surface area contributed by atoms with E-state index in [2.05, 4.69) is 21.1 Å². The van der Waals surface area contributed by atoms with Crippen molar-refractivity contribution in [3.8, 4) is 5.88 Å². The van der Waals surface area contributed by atoms with Crippen LogP contribution in [0.25, 0.3) is 0 Å². The van der Waals surface area contributed by atoms with E-state index in [9.17, 15) is 0 Å². The number of hydrogen-bond donors (Lipinski definition) is 1. The fourth-order valence-electron chi connectivity index (χ4n) is 2.34. The zero-order chi connectivity index (χ0) is 13.7. The lowest BCUT2D eigenvalue weighted by molar-refractivity contribution is 0.325. The van der Waals surface area contributed by atoms with E-state index in [-0.39, 0.29) is 4.75 Å². The summed E-state index contributed by atoms with van der Waals surface area (Å²) in [6, 6.07) is 0. The van der Waals surface area contributed by atoms with E-state index in [0.29, 0.717) is 12.5 Å². The molecule has 0 unspecified atom stereocenters. The quantitative estimate of drug-likeness (QED) is 0.883. The maximum atomic E-state index is 5.91. The van der Waals surface area contributed by atoms with E-state index in [0.717, 1.165) is 38.3 Å². The lowest BCUT2D eigenvalue weighted by Crippen LogP contribution is -2.46. The van der Waals surface area contributed by atoms with Crippen LogP contribution >= 0.6 is 11.8 Å². The Kier molecular flexibility index (Phi) is 4.87. The van der Waals surface area contributed by atoms with Crippen LogP contribution in [0, 0.1) is 0 Å². The summed E-state index contributed by atoms with van der Waals surface area (Å²) in [6.07, 6.45) is 7.79. The van der Waals surface area contributed by atoms with E-state index in [1.54, 1.807) is 12.4 Å².